The Bertz CT molecular complexity index is 156. The van der Waals surface area contributed by atoms with E-state index in [4.69, 9.17) is 5.73 Å². The molecule has 4 unspecified atom stereocenters. The standard InChI is InChI=1S/C15H33N/c1-6-8-13(4)10-15(16)11-14(5)9-12(3)7-2/h12-15H,6-11,16H2,1-5H3. The molecule has 0 amide bonds. The largest absolute Gasteiger partial charge is 0.328 e. The van der Waals surface area contributed by atoms with Crippen LogP contribution in [-0.4, -0.2) is 6.04 Å². The Morgan fingerprint density at radius 2 is 1.38 bits per heavy atom. The van der Waals surface area contributed by atoms with Crippen molar-refractivity contribution in [1.82, 2.24) is 0 Å². The van der Waals surface area contributed by atoms with Gasteiger partial charge in [0.1, 0.15) is 0 Å². The Labute approximate surface area is 103 Å². The van der Waals surface area contributed by atoms with E-state index in [1.807, 2.05) is 0 Å². The van der Waals surface area contributed by atoms with Gasteiger partial charge in [0, 0.05) is 6.04 Å². The van der Waals surface area contributed by atoms with Crippen molar-refractivity contribution in [2.24, 2.45) is 23.5 Å². The zero-order valence-corrected chi connectivity index (χ0v) is 12.1. The van der Waals surface area contributed by atoms with Gasteiger partial charge >= 0.3 is 0 Å². The number of nitrogens with two attached hydrogens (primary N) is 1. The number of hydrogen-bond donors (Lipinski definition) is 1. The Morgan fingerprint density at radius 3 is 1.88 bits per heavy atom. The normalized spacial score (nSPS) is 19.1. The minimum atomic E-state index is 0.417. The van der Waals surface area contributed by atoms with Gasteiger partial charge in [-0.3, -0.25) is 0 Å². The van der Waals surface area contributed by atoms with E-state index >= 15 is 0 Å². The van der Waals surface area contributed by atoms with Crippen LogP contribution < -0.4 is 5.73 Å². The molecule has 0 aromatic rings. The van der Waals surface area contributed by atoms with Crippen molar-refractivity contribution in [3.05, 3.63) is 0 Å². The Balaban J connectivity index is 3.72. The van der Waals surface area contributed by atoms with Crippen LogP contribution >= 0.6 is 0 Å². The van der Waals surface area contributed by atoms with E-state index in [0.717, 1.165) is 17.8 Å². The molecule has 0 aliphatic heterocycles. The second-order valence-electron chi connectivity index (χ2n) is 5.98. The van der Waals surface area contributed by atoms with Crippen molar-refractivity contribution in [2.75, 3.05) is 0 Å². The predicted octanol–water partition coefficient (Wildman–Crippen LogP) is 4.60. The van der Waals surface area contributed by atoms with E-state index in [2.05, 4.69) is 34.6 Å². The second kappa shape index (κ2) is 9.04. The van der Waals surface area contributed by atoms with Gasteiger partial charge in [0.25, 0.3) is 0 Å². The molecule has 0 spiro atoms. The molecular weight excluding hydrogens is 194 g/mol. The maximum absolute atomic E-state index is 6.22. The molecule has 0 bridgehead atoms. The van der Waals surface area contributed by atoms with Gasteiger partial charge in [0.2, 0.25) is 0 Å². The molecule has 16 heavy (non-hydrogen) atoms. The lowest BCUT2D eigenvalue weighted by atomic mass is 9.87. The van der Waals surface area contributed by atoms with Crippen LogP contribution in [-0.2, 0) is 0 Å². The van der Waals surface area contributed by atoms with Crippen molar-refractivity contribution in [3.8, 4) is 0 Å². The maximum Gasteiger partial charge on any atom is 0.00439 e. The lowest BCUT2D eigenvalue weighted by Crippen LogP contribution is -2.25. The van der Waals surface area contributed by atoms with Crippen molar-refractivity contribution >= 4 is 0 Å². The third-order valence-electron chi connectivity index (χ3n) is 3.69. The number of rotatable bonds is 9. The molecule has 0 saturated carbocycles. The van der Waals surface area contributed by atoms with Crippen LogP contribution in [0.5, 0.6) is 0 Å². The highest BCUT2D eigenvalue weighted by molar-refractivity contribution is 4.70. The molecule has 2 N–H and O–H groups in total. The highest BCUT2D eigenvalue weighted by atomic mass is 14.6. The maximum atomic E-state index is 6.22. The average Bonchev–Trinajstić information content (AvgIpc) is 2.16. The van der Waals surface area contributed by atoms with Crippen molar-refractivity contribution in [1.29, 1.82) is 0 Å². The first kappa shape index (κ1) is 16.0. The average molecular weight is 227 g/mol. The van der Waals surface area contributed by atoms with Gasteiger partial charge in [-0.25, -0.2) is 0 Å². The van der Waals surface area contributed by atoms with Gasteiger partial charge in [0.15, 0.2) is 0 Å². The van der Waals surface area contributed by atoms with Crippen LogP contribution in [0.25, 0.3) is 0 Å². The van der Waals surface area contributed by atoms with Crippen LogP contribution in [0.15, 0.2) is 0 Å². The fraction of sp³-hybridized carbons (Fsp3) is 1.00. The smallest absolute Gasteiger partial charge is 0.00439 e. The Kier molecular flexibility index (Phi) is 9.02. The fourth-order valence-electron chi connectivity index (χ4n) is 2.69. The molecule has 0 fully saturated rings. The summed E-state index contributed by atoms with van der Waals surface area (Å²) >= 11 is 0. The van der Waals surface area contributed by atoms with Crippen LogP contribution in [0.2, 0.25) is 0 Å². The van der Waals surface area contributed by atoms with E-state index in [9.17, 15) is 0 Å². The molecule has 0 rings (SSSR count). The molecule has 0 heterocycles. The van der Waals surface area contributed by atoms with E-state index < -0.39 is 0 Å². The molecule has 0 aromatic carbocycles. The molecular formula is C15H33N. The molecule has 0 saturated heterocycles. The zero-order chi connectivity index (χ0) is 12.6. The topological polar surface area (TPSA) is 26.0 Å². The summed E-state index contributed by atoms with van der Waals surface area (Å²) < 4.78 is 0. The highest BCUT2D eigenvalue weighted by Gasteiger charge is 2.14. The Morgan fingerprint density at radius 1 is 0.812 bits per heavy atom. The molecule has 0 aliphatic rings. The molecule has 0 aliphatic carbocycles. The Hall–Kier alpha value is -0.0400. The third-order valence-corrected chi connectivity index (χ3v) is 3.69. The predicted molar refractivity (Wildman–Crippen MR) is 74.5 cm³/mol. The van der Waals surface area contributed by atoms with Crippen LogP contribution in [0.3, 0.4) is 0 Å². The monoisotopic (exact) mass is 227 g/mol. The molecule has 1 heteroatoms. The first-order chi connectivity index (χ1) is 7.49. The van der Waals surface area contributed by atoms with Crippen molar-refractivity contribution in [3.63, 3.8) is 0 Å². The SMILES string of the molecule is CCCC(C)CC(N)CC(C)CC(C)CC. The summed E-state index contributed by atoms with van der Waals surface area (Å²) in [4.78, 5) is 0. The van der Waals surface area contributed by atoms with Crippen molar-refractivity contribution in [2.45, 2.75) is 79.2 Å². The summed E-state index contributed by atoms with van der Waals surface area (Å²) in [7, 11) is 0. The van der Waals surface area contributed by atoms with E-state index in [1.54, 1.807) is 0 Å². The van der Waals surface area contributed by atoms with Crippen LogP contribution in [0.1, 0.15) is 73.1 Å². The molecule has 4 atom stereocenters. The van der Waals surface area contributed by atoms with Gasteiger partial charge in [-0.1, -0.05) is 53.9 Å². The van der Waals surface area contributed by atoms with E-state index in [1.165, 1.54) is 38.5 Å². The van der Waals surface area contributed by atoms with Crippen molar-refractivity contribution < 1.29 is 0 Å². The van der Waals surface area contributed by atoms with Gasteiger partial charge in [0.05, 0.1) is 0 Å². The van der Waals surface area contributed by atoms with Gasteiger partial charge in [-0.05, 0) is 37.0 Å². The molecule has 1 nitrogen and oxygen atoms in total. The first-order valence-corrected chi connectivity index (χ1v) is 7.25. The van der Waals surface area contributed by atoms with Crippen LogP contribution in [0.4, 0.5) is 0 Å². The van der Waals surface area contributed by atoms with Gasteiger partial charge in [-0.15, -0.1) is 0 Å². The highest BCUT2D eigenvalue weighted by Crippen LogP contribution is 2.21. The quantitative estimate of drug-likeness (QED) is 0.612. The lowest BCUT2D eigenvalue weighted by Gasteiger charge is -2.22. The summed E-state index contributed by atoms with van der Waals surface area (Å²) in [5.74, 6) is 2.45. The summed E-state index contributed by atoms with van der Waals surface area (Å²) in [6.07, 6.45) is 7.67. The van der Waals surface area contributed by atoms with Gasteiger partial charge < -0.3 is 5.73 Å². The summed E-state index contributed by atoms with van der Waals surface area (Å²) in [5.41, 5.74) is 6.22. The second-order valence-corrected chi connectivity index (χ2v) is 5.98. The van der Waals surface area contributed by atoms with E-state index in [0.29, 0.717) is 6.04 Å². The van der Waals surface area contributed by atoms with Crippen LogP contribution in [0, 0.1) is 17.8 Å². The zero-order valence-electron chi connectivity index (χ0n) is 12.1. The summed E-state index contributed by atoms with van der Waals surface area (Å²) in [6, 6.07) is 0.417. The molecule has 0 aromatic heterocycles. The summed E-state index contributed by atoms with van der Waals surface area (Å²) in [5, 5.41) is 0. The minimum absolute atomic E-state index is 0.417. The third kappa shape index (κ3) is 8.15. The number of hydrogen-bond acceptors (Lipinski definition) is 1. The van der Waals surface area contributed by atoms with Gasteiger partial charge in [-0.2, -0.15) is 0 Å². The first-order valence-electron chi connectivity index (χ1n) is 7.25. The molecule has 0 radical (unpaired) electrons. The lowest BCUT2D eigenvalue weighted by molar-refractivity contribution is 0.332. The molecule has 98 valence electrons. The summed E-state index contributed by atoms with van der Waals surface area (Å²) in [6.45, 7) is 11.6. The van der Waals surface area contributed by atoms with E-state index in [-0.39, 0.29) is 0 Å². The fourth-order valence-corrected chi connectivity index (χ4v) is 2.69. The minimum Gasteiger partial charge on any atom is -0.328 e.